The van der Waals surface area contributed by atoms with Crippen LogP contribution in [0, 0.1) is 5.92 Å². The van der Waals surface area contributed by atoms with Gasteiger partial charge in [0.1, 0.15) is 6.17 Å². The highest BCUT2D eigenvalue weighted by Crippen LogP contribution is 2.33. The van der Waals surface area contributed by atoms with Crippen LogP contribution in [-0.2, 0) is 0 Å². The molecule has 2 rings (SSSR count). The van der Waals surface area contributed by atoms with Gasteiger partial charge in [0.15, 0.2) is 0 Å². The Morgan fingerprint density at radius 3 is 2.58 bits per heavy atom. The zero-order chi connectivity index (χ0) is 8.39. The molecular weight excluding hydrogens is 151 g/mol. The maximum Gasteiger partial charge on any atom is 0.122 e. The van der Waals surface area contributed by atoms with Gasteiger partial charge in [0.05, 0.1) is 0 Å². The molecule has 1 fully saturated rings. The van der Waals surface area contributed by atoms with Gasteiger partial charge >= 0.3 is 0 Å². The van der Waals surface area contributed by atoms with Crippen LogP contribution in [0.4, 0.5) is 4.39 Å². The number of allylic oxidation sites excluding steroid dienone is 4. The highest BCUT2D eigenvalue weighted by atomic mass is 19.1. The minimum absolute atomic E-state index is 0.600. The minimum Gasteiger partial charge on any atom is -0.243 e. The summed E-state index contributed by atoms with van der Waals surface area (Å²) in [5, 5.41) is 0. The molecule has 66 valence electrons. The Bertz CT molecular complexity index is 209. The number of halogens is 1. The van der Waals surface area contributed by atoms with Gasteiger partial charge in [0.25, 0.3) is 0 Å². The van der Waals surface area contributed by atoms with Crippen LogP contribution >= 0.6 is 0 Å². The lowest BCUT2D eigenvalue weighted by molar-refractivity contribution is 0.398. The van der Waals surface area contributed by atoms with E-state index >= 15 is 0 Å². The Morgan fingerprint density at radius 1 is 1.25 bits per heavy atom. The molecular formula is C11H15F. The van der Waals surface area contributed by atoms with Crippen molar-refractivity contribution in [2.45, 2.75) is 38.3 Å². The number of hydrogen-bond donors (Lipinski definition) is 0. The molecule has 12 heavy (non-hydrogen) atoms. The Morgan fingerprint density at radius 2 is 2.00 bits per heavy atom. The maximum atomic E-state index is 12.7. The zero-order valence-electron chi connectivity index (χ0n) is 7.30. The van der Waals surface area contributed by atoms with Crippen molar-refractivity contribution in [3.8, 4) is 0 Å². The molecule has 0 amide bonds. The summed E-state index contributed by atoms with van der Waals surface area (Å²) in [6, 6.07) is 0. The van der Waals surface area contributed by atoms with E-state index in [1.54, 1.807) is 6.08 Å². The SMILES string of the molecule is FC1C=CC(C2CCCC2)=CC1. The van der Waals surface area contributed by atoms with Gasteiger partial charge in [-0.25, -0.2) is 4.39 Å². The lowest BCUT2D eigenvalue weighted by Gasteiger charge is -2.15. The molecule has 0 heterocycles. The van der Waals surface area contributed by atoms with Crippen molar-refractivity contribution >= 4 is 0 Å². The molecule has 0 nitrogen and oxygen atoms in total. The van der Waals surface area contributed by atoms with Crippen LogP contribution in [0.25, 0.3) is 0 Å². The molecule has 2 aliphatic carbocycles. The van der Waals surface area contributed by atoms with Gasteiger partial charge in [-0.05, 0) is 24.3 Å². The van der Waals surface area contributed by atoms with Gasteiger partial charge < -0.3 is 0 Å². The van der Waals surface area contributed by atoms with Gasteiger partial charge in [0.2, 0.25) is 0 Å². The molecule has 0 aromatic heterocycles. The number of hydrogen-bond acceptors (Lipinski definition) is 0. The van der Waals surface area contributed by atoms with Crippen LogP contribution in [0.15, 0.2) is 23.8 Å². The molecule has 0 saturated heterocycles. The topological polar surface area (TPSA) is 0 Å². The Labute approximate surface area is 73.2 Å². The second-order valence-electron chi connectivity index (χ2n) is 3.80. The molecule has 0 radical (unpaired) electrons. The summed E-state index contributed by atoms with van der Waals surface area (Å²) in [7, 11) is 0. The predicted octanol–water partition coefficient (Wildman–Crippen LogP) is 3.40. The summed E-state index contributed by atoms with van der Waals surface area (Å²) >= 11 is 0. The van der Waals surface area contributed by atoms with Crippen molar-refractivity contribution in [3.63, 3.8) is 0 Å². The average molecular weight is 166 g/mol. The Kier molecular flexibility index (Phi) is 2.29. The molecule has 1 atom stereocenters. The minimum atomic E-state index is -0.727. The van der Waals surface area contributed by atoms with E-state index in [0.717, 1.165) is 5.92 Å². The normalized spacial score (nSPS) is 30.8. The molecule has 0 aromatic carbocycles. The predicted molar refractivity (Wildman–Crippen MR) is 48.7 cm³/mol. The maximum absolute atomic E-state index is 12.7. The molecule has 0 N–H and O–H groups in total. The van der Waals surface area contributed by atoms with Crippen LogP contribution in [-0.4, -0.2) is 6.17 Å². The monoisotopic (exact) mass is 166 g/mol. The van der Waals surface area contributed by atoms with Crippen molar-refractivity contribution < 1.29 is 4.39 Å². The van der Waals surface area contributed by atoms with Crippen LogP contribution in [0.5, 0.6) is 0 Å². The van der Waals surface area contributed by atoms with E-state index in [4.69, 9.17) is 0 Å². The van der Waals surface area contributed by atoms with Gasteiger partial charge in [0, 0.05) is 6.42 Å². The van der Waals surface area contributed by atoms with E-state index in [1.165, 1.54) is 31.3 Å². The van der Waals surface area contributed by atoms with Crippen LogP contribution in [0.2, 0.25) is 0 Å². The van der Waals surface area contributed by atoms with E-state index in [2.05, 4.69) is 6.08 Å². The average Bonchev–Trinajstić information content (AvgIpc) is 2.58. The van der Waals surface area contributed by atoms with E-state index in [1.807, 2.05) is 6.08 Å². The third-order valence-electron chi connectivity index (χ3n) is 2.90. The first kappa shape index (κ1) is 8.03. The summed E-state index contributed by atoms with van der Waals surface area (Å²) in [6.45, 7) is 0. The van der Waals surface area contributed by atoms with E-state index in [9.17, 15) is 4.39 Å². The standard InChI is InChI=1S/C11H15F/c12-11-7-5-10(6-8-11)9-3-1-2-4-9/h5-7,9,11H,1-4,8H2. The summed E-state index contributed by atoms with van der Waals surface area (Å²) < 4.78 is 12.7. The summed E-state index contributed by atoms with van der Waals surface area (Å²) in [5.41, 5.74) is 1.39. The fraction of sp³-hybridized carbons (Fsp3) is 0.636. The van der Waals surface area contributed by atoms with Crippen molar-refractivity contribution in [1.82, 2.24) is 0 Å². The molecule has 2 aliphatic rings. The quantitative estimate of drug-likeness (QED) is 0.560. The number of alkyl halides is 1. The first-order valence-electron chi connectivity index (χ1n) is 4.88. The molecule has 0 aliphatic heterocycles. The molecule has 0 aromatic rings. The van der Waals surface area contributed by atoms with Crippen LogP contribution < -0.4 is 0 Å². The Hall–Kier alpha value is -0.590. The lowest BCUT2D eigenvalue weighted by Crippen LogP contribution is -2.04. The van der Waals surface area contributed by atoms with Gasteiger partial charge in [-0.15, -0.1) is 0 Å². The van der Waals surface area contributed by atoms with Gasteiger partial charge in [-0.3, -0.25) is 0 Å². The summed E-state index contributed by atoms with van der Waals surface area (Å²) in [6.07, 6.45) is 11.0. The highest BCUT2D eigenvalue weighted by molar-refractivity contribution is 5.27. The summed E-state index contributed by atoms with van der Waals surface area (Å²) in [4.78, 5) is 0. The Balaban J connectivity index is 2.00. The third-order valence-corrected chi connectivity index (χ3v) is 2.90. The fourth-order valence-electron chi connectivity index (χ4n) is 2.17. The first-order chi connectivity index (χ1) is 5.86. The summed E-state index contributed by atoms with van der Waals surface area (Å²) in [5.74, 6) is 0.744. The molecule has 1 unspecified atom stereocenters. The van der Waals surface area contributed by atoms with Crippen molar-refractivity contribution in [3.05, 3.63) is 23.8 Å². The van der Waals surface area contributed by atoms with Gasteiger partial charge in [-0.1, -0.05) is 31.1 Å². The molecule has 1 saturated carbocycles. The van der Waals surface area contributed by atoms with Gasteiger partial charge in [-0.2, -0.15) is 0 Å². The third kappa shape index (κ3) is 1.60. The van der Waals surface area contributed by atoms with Crippen LogP contribution in [0.1, 0.15) is 32.1 Å². The number of rotatable bonds is 1. The fourth-order valence-corrected chi connectivity index (χ4v) is 2.17. The van der Waals surface area contributed by atoms with Crippen LogP contribution in [0.3, 0.4) is 0 Å². The zero-order valence-corrected chi connectivity index (χ0v) is 7.30. The first-order valence-corrected chi connectivity index (χ1v) is 4.88. The van der Waals surface area contributed by atoms with Crippen molar-refractivity contribution in [2.24, 2.45) is 5.92 Å². The van der Waals surface area contributed by atoms with E-state index in [-0.39, 0.29) is 0 Å². The lowest BCUT2D eigenvalue weighted by atomic mass is 9.92. The largest absolute Gasteiger partial charge is 0.243 e. The van der Waals surface area contributed by atoms with Crippen molar-refractivity contribution in [2.75, 3.05) is 0 Å². The van der Waals surface area contributed by atoms with E-state index in [0.29, 0.717) is 6.42 Å². The second kappa shape index (κ2) is 3.42. The molecule has 1 heteroatoms. The molecule has 0 bridgehead atoms. The smallest absolute Gasteiger partial charge is 0.122 e. The second-order valence-corrected chi connectivity index (χ2v) is 3.80. The molecule has 0 spiro atoms. The van der Waals surface area contributed by atoms with E-state index < -0.39 is 6.17 Å². The highest BCUT2D eigenvalue weighted by Gasteiger charge is 2.19. The van der Waals surface area contributed by atoms with Crippen molar-refractivity contribution in [1.29, 1.82) is 0 Å².